The van der Waals surface area contributed by atoms with Crippen molar-refractivity contribution in [2.24, 2.45) is 0 Å². The molecule has 0 spiro atoms. The van der Waals surface area contributed by atoms with Crippen LogP contribution in [0, 0.1) is 0 Å². The molecule has 0 fully saturated rings. The van der Waals surface area contributed by atoms with E-state index in [1.807, 2.05) is 12.4 Å². The van der Waals surface area contributed by atoms with Gasteiger partial charge >= 0.3 is 6.18 Å². The van der Waals surface area contributed by atoms with Crippen LogP contribution in [-0.4, -0.2) is 18.6 Å². The average molecular weight is 300 g/mol. The number of nitrogens with one attached hydrogen (secondary N) is 1. The molecule has 0 saturated carbocycles. The Balaban J connectivity index is 2.20. The van der Waals surface area contributed by atoms with Crippen molar-refractivity contribution in [1.29, 1.82) is 0 Å². The molecule has 0 aliphatic heterocycles. The maximum absolute atomic E-state index is 12.5. The van der Waals surface area contributed by atoms with Crippen LogP contribution < -0.4 is 5.32 Å². The highest BCUT2D eigenvalue weighted by atomic mass is 32.1. The minimum absolute atomic E-state index is 0.285. The molecule has 1 atom stereocenters. The van der Waals surface area contributed by atoms with E-state index in [9.17, 15) is 13.2 Å². The van der Waals surface area contributed by atoms with Crippen molar-refractivity contribution >= 4 is 11.3 Å². The van der Waals surface area contributed by atoms with Crippen molar-refractivity contribution in [2.75, 3.05) is 13.6 Å². The van der Waals surface area contributed by atoms with Gasteiger partial charge in [-0.3, -0.25) is 0 Å². The lowest BCUT2D eigenvalue weighted by Gasteiger charge is -2.07. The molecule has 2 aromatic rings. The van der Waals surface area contributed by atoms with Crippen molar-refractivity contribution in [3.8, 4) is 11.3 Å². The first-order valence-corrected chi connectivity index (χ1v) is 7.07. The molecule has 1 aromatic carbocycles. The van der Waals surface area contributed by atoms with Crippen LogP contribution in [0.25, 0.3) is 11.3 Å². The third-order valence-electron chi connectivity index (χ3n) is 2.96. The van der Waals surface area contributed by atoms with E-state index in [0.29, 0.717) is 5.56 Å². The van der Waals surface area contributed by atoms with E-state index in [2.05, 4.69) is 17.2 Å². The zero-order valence-corrected chi connectivity index (χ0v) is 12.0. The Morgan fingerprint density at radius 2 is 1.90 bits per heavy atom. The zero-order chi connectivity index (χ0) is 14.8. The molecule has 1 unspecified atom stereocenters. The van der Waals surface area contributed by atoms with Gasteiger partial charge in [0.1, 0.15) is 0 Å². The van der Waals surface area contributed by atoms with E-state index in [1.165, 1.54) is 23.5 Å². The SMILES string of the molecule is CNCC(C)c1nc(-c2ccc(C(F)(F)F)cc2)cs1. The number of rotatable bonds is 4. The van der Waals surface area contributed by atoms with E-state index >= 15 is 0 Å². The van der Waals surface area contributed by atoms with Crippen LogP contribution >= 0.6 is 11.3 Å². The van der Waals surface area contributed by atoms with Gasteiger partial charge in [-0.25, -0.2) is 4.98 Å². The fraction of sp³-hybridized carbons (Fsp3) is 0.357. The Hall–Kier alpha value is -1.40. The van der Waals surface area contributed by atoms with Gasteiger partial charge in [0.25, 0.3) is 0 Å². The summed E-state index contributed by atoms with van der Waals surface area (Å²) in [6.07, 6.45) is -4.30. The molecule has 6 heteroatoms. The summed E-state index contributed by atoms with van der Waals surface area (Å²) < 4.78 is 37.5. The number of alkyl halides is 3. The van der Waals surface area contributed by atoms with Crippen LogP contribution in [0.5, 0.6) is 0 Å². The number of halogens is 3. The molecule has 1 heterocycles. The third kappa shape index (κ3) is 3.37. The third-order valence-corrected chi connectivity index (χ3v) is 4.04. The molecule has 2 rings (SSSR count). The fourth-order valence-corrected chi connectivity index (χ4v) is 2.76. The lowest BCUT2D eigenvalue weighted by atomic mass is 10.1. The Morgan fingerprint density at radius 3 is 2.45 bits per heavy atom. The average Bonchev–Trinajstić information content (AvgIpc) is 2.88. The minimum Gasteiger partial charge on any atom is -0.319 e. The van der Waals surface area contributed by atoms with E-state index in [4.69, 9.17) is 0 Å². The number of benzene rings is 1. The van der Waals surface area contributed by atoms with E-state index in [1.54, 1.807) is 0 Å². The summed E-state index contributed by atoms with van der Waals surface area (Å²) in [5, 5.41) is 5.94. The largest absolute Gasteiger partial charge is 0.416 e. The van der Waals surface area contributed by atoms with Gasteiger partial charge in [0.05, 0.1) is 16.3 Å². The molecule has 1 aromatic heterocycles. The lowest BCUT2D eigenvalue weighted by molar-refractivity contribution is -0.137. The van der Waals surface area contributed by atoms with Gasteiger partial charge in [-0.05, 0) is 19.2 Å². The maximum Gasteiger partial charge on any atom is 0.416 e. The van der Waals surface area contributed by atoms with Crippen LogP contribution in [0.1, 0.15) is 23.4 Å². The molecule has 0 amide bonds. The van der Waals surface area contributed by atoms with Gasteiger partial charge in [0.2, 0.25) is 0 Å². The number of aromatic nitrogens is 1. The van der Waals surface area contributed by atoms with Gasteiger partial charge in [-0.15, -0.1) is 11.3 Å². The Bertz CT molecular complexity index is 561. The minimum atomic E-state index is -4.30. The molecular formula is C14H15F3N2S. The summed E-state index contributed by atoms with van der Waals surface area (Å²) in [6, 6.07) is 5.10. The summed E-state index contributed by atoms with van der Waals surface area (Å²) in [4.78, 5) is 4.49. The predicted molar refractivity (Wildman–Crippen MR) is 74.9 cm³/mol. The Kier molecular flexibility index (Phi) is 4.45. The molecule has 2 nitrogen and oxygen atoms in total. The van der Waals surface area contributed by atoms with E-state index in [0.717, 1.165) is 29.4 Å². The number of hydrogen-bond acceptors (Lipinski definition) is 3. The summed E-state index contributed by atoms with van der Waals surface area (Å²) in [6.45, 7) is 2.88. The quantitative estimate of drug-likeness (QED) is 0.917. The van der Waals surface area contributed by atoms with Gasteiger partial charge in [0, 0.05) is 23.4 Å². The number of hydrogen-bond donors (Lipinski definition) is 1. The topological polar surface area (TPSA) is 24.9 Å². The van der Waals surface area contributed by atoms with Crippen molar-refractivity contribution in [3.63, 3.8) is 0 Å². The van der Waals surface area contributed by atoms with Crippen LogP contribution in [0.2, 0.25) is 0 Å². The van der Waals surface area contributed by atoms with Crippen molar-refractivity contribution in [3.05, 3.63) is 40.2 Å². The number of thiazole rings is 1. The number of nitrogens with zero attached hydrogens (tertiary/aromatic N) is 1. The van der Waals surface area contributed by atoms with E-state index in [-0.39, 0.29) is 5.92 Å². The smallest absolute Gasteiger partial charge is 0.319 e. The highest BCUT2D eigenvalue weighted by molar-refractivity contribution is 7.10. The molecule has 0 saturated heterocycles. The first-order valence-electron chi connectivity index (χ1n) is 6.19. The molecule has 1 N–H and O–H groups in total. The zero-order valence-electron chi connectivity index (χ0n) is 11.2. The van der Waals surface area contributed by atoms with Gasteiger partial charge in [-0.2, -0.15) is 13.2 Å². The summed E-state index contributed by atoms with van der Waals surface area (Å²) in [5.74, 6) is 0.285. The Labute approximate surface area is 119 Å². The maximum atomic E-state index is 12.5. The van der Waals surface area contributed by atoms with E-state index < -0.39 is 11.7 Å². The molecule has 0 radical (unpaired) electrons. The molecule has 0 aliphatic carbocycles. The summed E-state index contributed by atoms with van der Waals surface area (Å²) >= 11 is 1.53. The molecule has 108 valence electrons. The second kappa shape index (κ2) is 5.93. The standard InChI is InChI=1S/C14H15F3N2S/c1-9(7-18-2)13-19-12(8-20-13)10-3-5-11(6-4-10)14(15,16)17/h3-6,8-9,18H,7H2,1-2H3. The van der Waals surface area contributed by atoms with Crippen LogP contribution in [0.15, 0.2) is 29.6 Å². The first kappa shape index (κ1) is 15.0. The van der Waals surface area contributed by atoms with Gasteiger partial charge < -0.3 is 5.32 Å². The fourth-order valence-electron chi connectivity index (χ4n) is 1.87. The highest BCUT2D eigenvalue weighted by Gasteiger charge is 2.30. The van der Waals surface area contributed by atoms with Crippen LogP contribution in [-0.2, 0) is 6.18 Å². The number of likely N-dealkylation sites (N-methyl/N-ethyl adjacent to an activating group) is 1. The lowest BCUT2D eigenvalue weighted by Crippen LogP contribution is -2.14. The summed E-state index contributed by atoms with van der Waals surface area (Å²) in [7, 11) is 1.88. The van der Waals surface area contributed by atoms with Crippen molar-refractivity contribution in [1.82, 2.24) is 10.3 Å². The van der Waals surface area contributed by atoms with Crippen LogP contribution in [0.3, 0.4) is 0 Å². The molecule has 0 bridgehead atoms. The second-order valence-electron chi connectivity index (χ2n) is 4.60. The van der Waals surface area contributed by atoms with Crippen molar-refractivity contribution < 1.29 is 13.2 Å². The second-order valence-corrected chi connectivity index (χ2v) is 5.49. The monoisotopic (exact) mass is 300 g/mol. The molecule has 0 aliphatic rings. The predicted octanol–water partition coefficient (Wildman–Crippen LogP) is 4.15. The summed E-state index contributed by atoms with van der Waals surface area (Å²) in [5.41, 5.74) is 0.791. The Morgan fingerprint density at radius 1 is 1.25 bits per heavy atom. The highest BCUT2D eigenvalue weighted by Crippen LogP contribution is 2.31. The molecule has 20 heavy (non-hydrogen) atoms. The van der Waals surface area contributed by atoms with Crippen LogP contribution in [0.4, 0.5) is 13.2 Å². The van der Waals surface area contributed by atoms with Crippen molar-refractivity contribution in [2.45, 2.75) is 19.0 Å². The molecular weight excluding hydrogens is 285 g/mol. The first-order chi connectivity index (χ1) is 9.41. The van der Waals surface area contributed by atoms with Gasteiger partial charge in [0.15, 0.2) is 0 Å². The van der Waals surface area contributed by atoms with Gasteiger partial charge in [-0.1, -0.05) is 19.1 Å². The normalized spacial score (nSPS) is 13.4.